The fraction of sp³-hybridized carbons (Fsp3) is 0.929. The smallest absolute Gasteiger partial charge is 0.237 e. The summed E-state index contributed by atoms with van der Waals surface area (Å²) in [4.78, 5) is 16.4. The molecule has 2 heterocycles. The second-order valence-electron chi connectivity index (χ2n) is 6.02. The summed E-state index contributed by atoms with van der Waals surface area (Å²) in [6.45, 7) is 9.53. The Kier molecular flexibility index (Phi) is 5.01. The highest BCUT2D eigenvalue weighted by atomic mass is 16.2. The van der Waals surface area contributed by atoms with Crippen LogP contribution in [0.4, 0.5) is 0 Å². The second kappa shape index (κ2) is 6.53. The van der Waals surface area contributed by atoms with Gasteiger partial charge < -0.3 is 9.80 Å². The summed E-state index contributed by atoms with van der Waals surface area (Å²) in [6, 6.07) is 0. The maximum atomic E-state index is 11.8. The number of carbonyl (C=O) groups is 1. The van der Waals surface area contributed by atoms with Crippen LogP contribution in [0, 0.1) is 5.92 Å². The number of carbonyl (C=O) groups excluding carboxylic acids is 1. The maximum absolute atomic E-state index is 11.8. The molecule has 2 saturated heterocycles. The van der Waals surface area contributed by atoms with Crippen LogP contribution in [0.1, 0.15) is 39.5 Å². The van der Waals surface area contributed by atoms with E-state index in [1.807, 2.05) is 0 Å². The van der Waals surface area contributed by atoms with Crippen LogP contribution in [-0.4, -0.2) is 54.6 Å². The summed E-state index contributed by atoms with van der Waals surface area (Å²) < 4.78 is 0. The van der Waals surface area contributed by atoms with Crippen molar-refractivity contribution in [1.82, 2.24) is 15.1 Å². The molecule has 104 valence electrons. The number of likely N-dealkylation sites (tertiary alicyclic amines) is 1. The molecule has 1 unspecified atom stereocenters. The molecule has 4 heteroatoms. The van der Waals surface area contributed by atoms with Crippen molar-refractivity contribution in [3.8, 4) is 0 Å². The minimum atomic E-state index is 0.274. The Morgan fingerprint density at radius 3 is 2.67 bits per heavy atom. The van der Waals surface area contributed by atoms with Crippen LogP contribution in [0.5, 0.6) is 0 Å². The van der Waals surface area contributed by atoms with Gasteiger partial charge in [-0.15, -0.1) is 0 Å². The lowest BCUT2D eigenvalue weighted by atomic mass is 10.1. The average molecular weight is 253 g/mol. The first-order chi connectivity index (χ1) is 8.66. The SMILES string of the molecule is CC(C)CC1NCC(=O)N1CCCN1CCCC1. The molecule has 2 rings (SSSR count). The fourth-order valence-electron chi connectivity index (χ4n) is 3.00. The van der Waals surface area contributed by atoms with Crippen molar-refractivity contribution < 1.29 is 4.79 Å². The number of hydrogen-bond acceptors (Lipinski definition) is 3. The lowest BCUT2D eigenvalue weighted by Crippen LogP contribution is -2.39. The predicted octanol–water partition coefficient (Wildman–Crippen LogP) is 1.28. The highest BCUT2D eigenvalue weighted by Crippen LogP contribution is 2.15. The summed E-state index contributed by atoms with van der Waals surface area (Å²) in [5, 5.41) is 3.33. The van der Waals surface area contributed by atoms with Crippen molar-refractivity contribution in [2.24, 2.45) is 5.92 Å². The average Bonchev–Trinajstić information content (AvgIpc) is 2.92. The number of hydrogen-bond donors (Lipinski definition) is 1. The molecule has 2 aliphatic rings. The third-order valence-corrected chi connectivity index (χ3v) is 3.95. The van der Waals surface area contributed by atoms with Crippen LogP contribution < -0.4 is 5.32 Å². The number of amides is 1. The van der Waals surface area contributed by atoms with Crippen LogP contribution in [0.15, 0.2) is 0 Å². The molecule has 1 atom stereocenters. The lowest BCUT2D eigenvalue weighted by Gasteiger charge is -2.26. The van der Waals surface area contributed by atoms with Crippen molar-refractivity contribution in [3.63, 3.8) is 0 Å². The Bertz CT molecular complexity index is 274. The second-order valence-corrected chi connectivity index (χ2v) is 6.02. The predicted molar refractivity (Wildman–Crippen MR) is 73.2 cm³/mol. The van der Waals surface area contributed by atoms with Crippen LogP contribution in [-0.2, 0) is 4.79 Å². The van der Waals surface area contributed by atoms with Crippen molar-refractivity contribution in [3.05, 3.63) is 0 Å². The van der Waals surface area contributed by atoms with Gasteiger partial charge in [0.25, 0.3) is 0 Å². The molecule has 0 aliphatic carbocycles. The van der Waals surface area contributed by atoms with E-state index >= 15 is 0 Å². The zero-order valence-corrected chi connectivity index (χ0v) is 11.8. The zero-order chi connectivity index (χ0) is 13.0. The first-order valence-corrected chi connectivity index (χ1v) is 7.42. The van der Waals surface area contributed by atoms with Gasteiger partial charge in [0.05, 0.1) is 12.7 Å². The largest absolute Gasteiger partial charge is 0.326 e. The quantitative estimate of drug-likeness (QED) is 0.774. The van der Waals surface area contributed by atoms with Crippen LogP contribution in [0.25, 0.3) is 0 Å². The van der Waals surface area contributed by atoms with Gasteiger partial charge in [0.2, 0.25) is 5.91 Å². The Morgan fingerprint density at radius 2 is 2.00 bits per heavy atom. The topological polar surface area (TPSA) is 35.6 Å². The van der Waals surface area contributed by atoms with E-state index in [1.165, 1.54) is 25.9 Å². The fourth-order valence-corrected chi connectivity index (χ4v) is 3.00. The minimum absolute atomic E-state index is 0.274. The van der Waals surface area contributed by atoms with Crippen LogP contribution in [0.3, 0.4) is 0 Å². The highest BCUT2D eigenvalue weighted by molar-refractivity contribution is 5.80. The van der Waals surface area contributed by atoms with Crippen molar-refractivity contribution in [1.29, 1.82) is 0 Å². The lowest BCUT2D eigenvalue weighted by molar-refractivity contribution is -0.128. The van der Waals surface area contributed by atoms with Gasteiger partial charge in [-0.3, -0.25) is 10.1 Å². The molecule has 4 nitrogen and oxygen atoms in total. The number of rotatable bonds is 6. The summed E-state index contributed by atoms with van der Waals surface area (Å²) in [7, 11) is 0. The first-order valence-electron chi connectivity index (χ1n) is 7.42. The molecule has 0 aromatic heterocycles. The van der Waals surface area contributed by atoms with Gasteiger partial charge in [0.1, 0.15) is 0 Å². The van der Waals surface area contributed by atoms with Gasteiger partial charge in [0, 0.05) is 6.54 Å². The Balaban J connectivity index is 1.72. The van der Waals surface area contributed by atoms with E-state index in [0.29, 0.717) is 12.5 Å². The molecule has 0 bridgehead atoms. The monoisotopic (exact) mass is 253 g/mol. The van der Waals surface area contributed by atoms with E-state index in [2.05, 4.69) is 29.0 Å². The summed E-state index contributed by atoms with van der Waals surface area (Å²) in [5.41, 5.74) is 0. The van der Waals surface area contributed by atoms with Crippen molar-refractivity contribution in [2.45, 2.75) is 45.7 Å². The van der Waals surface area contributed by atoms with Gasteiger partial charge >= 0.3 is 0 Å². The molecule has 2 aliphatic heterocycles. The molecule has 0 radical (unpaired) electrons. The normalized spacial score (nSPS) is 25.6. The zero-order valence-electron chi connectivity index (χ0n) is 11.8. The Hall–Kier alpha value is -0.610. The molecular formula is C14H27N3O. The molecule has 2 fully saturated rings. The number of nitrogens with one attached hydrogen (secondary N) is 1. The van der Waals surface area contributed by atoms with Gasteiger partial charge in [-0.1, -0.05) is 13.8 Å². The number of nitrogens with zero attached hydrogens (tertiary/aromatic N) is 2. The molecule has 18 heavy (non-hydrogen) atoms. The van der Waals surface area contributed by atoms with Gasteiger partial charge in [-0.2, -0.15) is 0 Å². The summed E-state index contributed by atoms with van der Waals surface area (Å²) >= 11 is 0. The maximum Gasteiger partial charge on any atom is 0.237 e. The van der Waals surface area contributed by atoms with Crippen molar-refractivity contribution in [2.75, 3.05) is 32.7 Å². The minimum Gasteiger partial charge on any atom is -0.326 e. The third kappa shape index (κ3) is 3.69. The first kappa shape index (κ1) is 13.8. The van der Waals surface area contributed by atoms with E-state index in [0.717, 1.165) is 25.9 Å². The summed E-state index contributed by atoms with van der Waals surface area (Å²) in [5.74, 6) is 0.913. The van der Waals surface area contributed by atoms with Crippen molar-refractivity contribution >= 4 is 5.91 Å². The summed E-state index contributed by atoms with van der Waals surface area (Å²) in [6.07, 6.45) is 5.15. The highest BCUT2D eigenvalue weighted by Gasteiger charge is 2.30. The molecule has 0 aromatic rings. The molecule has 1 amide bonds. The van der Waals surface area contributed by atoms with E-state index in [9.17, 15) is 4.79 Å². The van der Waals surface area contributed by atoms with E-state index in [1.54, 1.807) is 0 Å². The van der Waals surface area contributed by atoms with Crippen LogP contribution >= 0.6 is 0 Å². The standard InChI is InChI=1S/C14H27N3O/c1-12(2)10-13-15-11-14(18)17(13)9-5-8-16-6-3-4-7-16/h12-13,15H,3-11H2,1-2H3. The third-order valence-electron chi connectivity index (χ3n) is 3.95. The molecule has 0 saturated carbocycles. The van der Waals surface area contributed by atoms with E-state index < -0.39 is 0 Å². The Morgan fingerprint density at radius 1 is 1.28 bits per heavy atom. The molecule has 0 spiro atoms. The molecular weight excluding hydrogens is 226 g/mol. The molecule has 0 aromatic carbocycles. The van der Waals surface area contributed by atoms with Gasteiger partial charge in [-0.25, -0.2) is 0 Å². The Labute approximate surface area is 111 Å². The van der Waals surface area contributed by atoms with E-state index in [-0.39, 0.29) is 12.1 Å². The van der Waals surface area contributed by atoms with Crippen LogP contribution in [0.2, 0.25) is 0 Å². The molecule has 1 N–H and O–H groups in total. The van der Waals surface area contributed by atoms with Gasteiger partial charge in [0.15, 0.2) is 0 Å². The van der Waals surface area contributed by atoms with E-state index in [4.69, 9.17) is 0 Å². The van der Waals surface area contributed by atoms with Gasteiger partial charge in [-0.05, 0) is 51.2 Å².